The molecule has 0 amide bonds. The van der Waals surface area contributed by atoms with Crippen LogP contribution in [0.3, 0.4) is 0 Å². The normalized spacial score (nSPS) is 20.6. The molecule has 0 bridgehead atoms. The lowest BCUT2D eigenvalue weighted by Crippen LogP contribution is -2.36. The fraction of sp³-hybridized carbons (Fsp3) is 0.640. The van der Waals surface area contributed by atoms with Crippen LogP contribution in [0.25, 0.3) is 0 Å². The van der Waals surface area contributed by atoms with E-state index in [9.17, 15) is 53.7 Å². The van der Waals surface area contributed by atoms with Gasteiger partial charge in [-0.05, 0) is 89.5 Å². The van der Waals surface area contributed by atoms with E-state index in [2.05, 4.69) is 77.8 Å². The van der Waals surface area contributed by atoms with Crippen molar-refractivity contribution in [3.63, 3.8) is 0 Å². The van der Waals surface area contributed by atoms with Gasteiger partial charge in [-0.15, -0.1) is 0 Å². The molecular formula is C50H81N3O17P2. The summed E-state index contributed by atoms with van der Waals surface area (Å²) in [6.07, 6.45) is 30.0. The zero-order chi connectivity index (χ0) is 53.0. The smallest absolute Gasteiger partial charge is 0.462 e. The number of phosphoric ester groups is 2. The van der Waals surface area contributed by atoms with E-state index in [0.29, 0.717) is 12.8 Å². The molecule has 1 fully saturated rings. The molecule has 0 aliphatic carbocycles. The van der Waals surface area contributed by atoms with Crippen LogP contribution >= 0.6 is 15.6 Å². The SMILES string of the molecule is CC/C=C\C/C=C\C/C=C\CCCCCCCC(=O)O[C@H](COC(=O)CCCC(O)C(O)C/C=C\C/C=C\C/C=C\CCCCC)COP(=O)(O)OP(=O)(O)OC[C@H]1O[C@@H](n2ccc(N)nc2=O)[C@H](O)[C@@H]1O. The third-order valence-corrected chi connectivity index (χ3v) is 13.6. The first-order valence-electron chi connectivity index (χ1n) is 25.1. The number of carbonyl (C=O) groups is 2. The molecule has 1 aliphatic rings. The van der Waals surface area contributed by atoms with Crippen molar-refractivity contribution in [2.45, 2.75) is 185 Å². The Labute approximate surface area is 424 Å². The van der Waals surface area contributed by atoms with Crippen molar-refractivity contribution in [3.8, 4) is 0 Å². The standard InChI is InChI=1S/C50H81N3O17P2/c1-3-5-7-9-11-13-15-17-18-19-21-23-25-27-29-33-46(57)68-40(37-65-45(56)34-30-32-42(55)41(54)31-28-26-24-22-20-16-14-12-10-8-6-4-2)38-66-71(61,62)70-72(63,64)67-39-43-47(58)48(59)49(69-43)53-36-35-44(51)52-50(53)60/h5,7,11-14,17-18,20,22,26,28,35-36,40-43,47-49,54-55,58-59H,3-4,6,8-10,15-16,19,21,23-25,27,29-34,37-39H2,1-2H3,(H,61,62)(H,63,64)(H2,51,52,60)/b7-5-,13-11-,14-12-,18-17-,22-20-,28-26-/t40-,41?,42?,43-,47-,48-,49-/m1/s1. The number of phosphoric acid groups is 2. The van der Waals surface area contributed by atoms with Crippen molar-refractivity contribution in [3.05, 3.63) is 95.7 Å². The van der Waals surface area contributed by atoms with Gasteiger partial charge in [-0.25, -0.2) is 13.9 Å². The van der Waals surface area contributed by atoms with Crippen molar-refractivity contribution >= 4 is 33.4 Å². The lowest BCUT2D eigenvalue weighted by molar-refractivity contribution is -0.161. The molecule has 4 unspecified atom stereocenters. The molecule has 408 valence electrons. The molecule has 0 saturated carbocycles. The molecule has 20 nitrogen and oxygen atoms in total. The van der Waals surface area contributed by atoms with E-state index in [-0.39, 0.29) is 37.9 Å². The van der Waals surface area contributed by atoms with Crippen molar-refractivity contribution in [2.24, 2.45) is 0 Å². The van der Waals surface area contributed by atoms with Gasteiger partial charge in [0.05, 0.1) is 25.4 Å². The average molecular weight is 1060 g/mol. The first kappa shape index (κ1) is 64.2. The molecule has 8 N–H and O–H groups in total. The summed E-state index contributed by atoms with van der Waals surface area (Å²) in [6, 6.07) is 1.23. The Kier molecular flexibility index (Phi) is 33.7. The fourth-order valence-corrected chi connectivity index (χ4v) is 9.07. The largest absolute Gasteiger partial charge is 0.481 e. The lowest BCUT2D eigenvalue weighted by atomic mass is 10.0. The van der Waals surface area contributed by atoms with Crippen LogP contribution < -0.4 is 11.4 Å². The number of aliphatic hydroxyl groups is 4. The number of nitrogen functional groups attached to an aromatic ring is 1. The zero-order valence-electron chi connectivity index (χ0n) is 41.9. The number of aromatic nitrogens is 2. The number of anilines is 1. The number of esters is 2. The monoisotopic (exact) mass is 1060 g/mol. The average Bonchev–Trinajstić information content (AvgIpc) is 3.61. The number of aliphatic hydroxyl groups excluding tert-OH is 4. The van der Waals surface area contributed by atoms with E-state index in [1.165, 1.54) is 25.3 Å². The second-order valence-corrected chi connectivity index (χ2v) is 20.3. The Balaban J connectivity index is 1.88. The van der Waals surface area contributed by atoms with E-state index in [4.69, 9.17) is 29.0 Å². The number of allylic oxidation sites excluding steroid dienone is 11. The third kappa shape index (κ3) is 29.7. The van der Waals surface area contributed by atoms with Gasteiger partial charge in [0.15, 0.2) is 12.3 Å². The molecule has 0 spiro atoms. The van der Waals surface area contributed by atoms with Crippen LogP contribution in [0.5, 0.6) is 0 Å². The van der Waals surface area contributed by atoms with Gasteiger partial charge in [-0.3, -0.25) is 23.2 Å². The molecule has 1 saturated heterocycles. The number of unbranched alkanes of at least 4 members (excludes halogenated alkanes) is 8. The van der Waals surface area contributed by atoms with E-state index in [1.54, 1.807) is 6.08 Å². The van der Waals surface area contributed by atoms with Gasteiger partial charge in [-0.2, -0.15) is 9.29 Å². The molecule has 72 heavy (non-hydrogen) atoms. The predicted molar refractivity (Wildman–Crippen MR) is 273 cm³/mol. The lowest BCUT2D eigenvalue weighted by Gasteiger charge is -2.21. The summed E-state index contributed by atoms with van der Waals surface area (Å²) in [5.41, 5.74) is 4.56. The molecule has 1 aromatic rings. The number of carbonyl (C=O) groups excluding carboxylic acids is 2. The highest BCUT2D eigenvalue weighted by Gasteiger charge is 2.46. The van der Waals surface area contributed by atoms with Crippen molar-refractivity contribution in [1.82, 2.24) is 9.55 Å². The van der Waals surface area contributed by atoms with Crippen molar-refractivity contribution in [2.75, 3.05) is 25.6 Å². The molecule has 2 heterocycles. The van der Waals surface area contributed by atoms with Gasteiger partial charge in [0.25, 0.3) is 0 Å². The Morgan fingerprint density at radius 3 is 1.94 bits per heavy atom. The summed E-state index contributed by atoms with van der Waals surface area (Å²) in [5.74, 6) is -1.62. The van der Waals surface area contributed by atoms with Gasteiger partial charge < -0.3 is 50.2 Å². The van der Waals surface area contributed by atoms with Crippen LogP contribution in [0.15, 0.2) is 90.0 Å². The summed E-state index contributed by atoms with van der Waals surface area (Å²) in [6.45, 7) is 1.70. The van der Waals surface area contributed by atoms with Crippen molar-refractivity contribution < 1.29 is 76.5 Å². The molecule has 2 rings (SSSR count). The molecule has 0 radical (unpaired) electrons. The molecule has 1 aromatic heterocycles. The number of ether oxygens (including phenoxy) is 3. The maximum Gasteiger partial charge on any atom is 0.481 e. The first-order valence-corrected chi connectivity index (χ1v) is 28.1. The quantitative estimate of drug-likeness (QED) is 0.0141. The summed E-state index contributed by atoms with van der Waals surface area (Å²) in [7, 11) is -11.0. The molecule has 0 aromatic carbocycles. The summed E-state index contributed by atoms with van der Waals surface area (Å²) in [4.78, 5) is 61.9. The van der Waals surface area contributed by atoms with Crippen LogP contribution in [-0.4, -0.2) is 108 Å². The Hall–Kier alpha value is -3.88. The van der Waals surface area contributed by atoms with Gasteiger partial charge in [0, 0.05) is 19.0 Å². The number of rotatable bonds is 40. The Morgan fingerprint density at radius 1 is 0.736 bits per heavy atom. The topological polar surface area (TPSA) is 306 Å². The van der Waals surface area contributed by atoms with E-state index < -0.39 is 95.9 Å². The van der Waals surface area contributed by atoms with Crippen LogP contribution in [0.1, 0.15) is 148 Å². The Bertz CT molecular complexity index is 2030. The highest BCUT2D eigenvalue weighted by Crippen LogP contribution is 2.60. The van der Waals surface area contributed by atoms with Gasteiger partial charge in [0.1, 0.15) is 30.7 Å². The number of hydrogen-bond donors (Lipinski definition) is 7. The van der Waals surface area contributed by atoms with E-state index in [1.807, 2.05) is 12.2 Å². The highest BCUT2D eigenvalue weighted by atomic mass is 31.3. The summed E-state index contributed by atoms with van der Waals surface area (Å²) >= 11 is 0. The summed E-state index contributed by atoms with van der Waals surface area (Å²) in [5, 5.41) is 41.7. The molecule has 1 aliphatic heterocycles. The molecule has 22 heteroatoms. The van der Waals surface area contributed by atoms with Crippen LogP contribution in [0, 0.1) is 0 Å². The first-order chi connectivity index (χ1) is 34.5. The summed E-state index contributed by atoms with van der Waals surface area (Å²) < 4.78 is 56.5. The van der Waals surface area contributed by atoms with Crippen molar-refractivity contribution in [1.29, 1.82) is 0 Å². The second-order valence-electron chi connectivity index (χ2n) is 17.2. The number of nitrogens with zero attached hydrogens (tertiary/aromatic N) is 2. The minimum Gasteiger partial charge on any atom is -0.462 e. The highest BCUT2D eigenvalue weighted by molar-refractivity contribution is 7.61. The molecule has 9 atom stereocenters. The van der Waals surface area contributed by atoms with Crippen LogP contribution in [0.4, 0.5) is 5.82 Å². The maximum absolute atomic E-state index is 12.9. The van der Waals surface area contributed by atoms with Gasteiger partial charge in [-0.1, -0.05) is 119 Å². The zero-order valence-corrected chi connectivity index (χ0v) is 43.7. The number of hydrogen-bond acceptors (Lipinski definition) is 17. The van der Waals surface area contributed by atoms with Crippen LogP contribution in [-0.2, 0) is 46.3 Å². The third-order valence-electron chi connectivity index (χ3n) is 11.0. The minimum atomic E-state index is -5.49. The van der Waals surface area contributed by atoms with E-state index in [0.717, 1.165) is 75.0 Å². The second kappa shape index (κ2) is 37.8. The van der Waals surface area contributed by atoms with Crippen LogP contribution in [0.2, 0.25) is 0 Å². The predicted octanol–water partition coefficient (Wildman–Crippen LogP) is 8.05. The molecular weight excluding hydrogens is 977 g/mol. The van der Waals surface area contributed by atoms with E-state index >= 15 is 0 Å². The maximum atomic E-state index is 12.9. The Morgan fingerprint density at radius 2 is 1.31 bits per heavy atom. The fourth-order valence-electron chi connectivity index (χ4n) is 6.96. The minimum absolute atomic E-state index is 0.0336. The van der Waals surface area contributed by atoms with Gasteiger partial charge >= 0.3 is 33.3 Å². The number of nitrogens with two attached hydrogens (primary N) is 1. The van der Waals surface area contributed by atoms with Gasteiger partial charge in [0.2, 0.25) is 0 Å².